The van der Waals surface area contributed by atoms with Gasteiger partial charge in [-0.1, -0.05) is 36.4 Å². The molecule has 0 amide bonds. The molecule has 2 nitrogen and oxygen atoms in total. The minimum Gasteiger partial charge on any atom is -0.432 e. The molecule has 1 heterocycles. The molecule has 0 bridgehead atoms. The molecule has 0 atom stereocenters. The molecule has 1 aromatic heterocycles. The lowest BCUT2D eigenvalue weighted by molar-refractivity contribution is 0.591. The SMILES string of the molecule is [c]1nc2cc(-c3ccccc3)ccc2o1. The summed E-state index contributed by atoms with van der Waals surface area (Å²) in [7, 11) is 0. The third kappa shape index (κ3) is 1.40. The average Bonchev–Trinajstić information content (AvgIpc) is 2.77. The smallest absolute Gasteiger partial charge is 0.284 e. The van der Waals surface area contributed by atoms with Crippen molar-refractivity contribution in [2.24, 2.45) is 0 Å². The van der Waals surface area contributed by atoms with E-state index in [1.807, 2.05) is 36.4 Å². The van der Waals surface area contributed by atoms with Gasteiger partial charge in [0.1, 0.15) is 5.52 Å². The quantitative estimate of drug-likeness (QED) is 0.594. The predicted molar refractivity (Wildman–Crippen MR) is 58.3 cm³/mol. The summed E-state index contributed by atoms with van der Waals surface area (Å²) in [5.74, 6) is 0. The van der Waals surface area contributed by atoms with Crippen molar-refractivity contribution in [1.82, 2.24) is 4.98 Å². The Kier molecular flexibility index (Phi) is 1.78. The summed E-state index contributed by atoms with van der Waals surface area (Å²) in [6, 6.07) is 16.1. The molecule has 0 unspecified atom stereocenters. The van der Waals surface area contributed by atoms with Crippen LogP contribution in [-0.4, -0.2) is 4.98 Å². The van der Waals surface area contributed by atoms with Gasteiger partial charge in [0.05, 0.1) is 0 Å². The second-order valence-electron chi connectivity index (χ2n) is 3.35. The van der Waals surface area contributed by atoms with Crippen LogP contribution in [0.1, 0.15) is 0 Å². The molecule has 0 saturated heterocycles. The van der Waals surface area contributed by atoms with Gasteiger partial charge in [-0.15, -0.1) is 0 Å². The van der Waals surface area contributed by atoms with E-state index in [9.17, 15) is 0 Å². The predicted octanol–water partition coefficient (Wildman–Crippen LogP) is 3.29. The van der Waals surface area contributed by atoms with E-state index in [4.69, 9.17) is 4.42 Å². The van der Waals surface area contributed by atoms with Gasteiger partial charge in [0, 0.05) is 0 Å². The number of rotatable bonds is 1. The fourth-order valence-electron chi connectivity index (χ4n) is 1.62. The first kappa shape index (κ1) is 8.24. The third-order valence-electron chi connectivity index (χ3n) is 2.39. The third-order valence-corrected chi connectivity index (χ3v) is 2.39. The lowest BCUT2D eigenvalue weighted by Crippen LogP contribution is -1.76. The maximum absolute atomic E-state index is 5.07. The van der Waals surface area contributed by atoms with Gasteiger partial charge in [-0.2, -0.15) is 0 Å². The zero-order valence-corrected chi connectivity index (χ0v) is 7.97. The van der Waals surface area contributed by atoms with Crippen LogP contribution >= 0.6 is 0 Å². The van der Waals surface area contributed by atoms with Crippen molar-refractivity contribution < 1.29 is 4.42 Å². The second kappa shape index (κ2) is 3.24. The Bertz CT molecular complexity index is 584. The van der Waals surface area contributed by atoms with Crippen LogP contribution in [0.3, 0.4) is 0 Å². The Morgan fingerprint density at radius 2 is 1.80 bits per heavy atom. The summed E-state index contributed by atoms with van der Waals surface area (Å²) in [6.07, 6.45) is 2.49. The second-order valence-corrected chi connectivity index (χ2v) is 3.35. The molecule has 3 rings (SSSR count). The Morgan fingerprint density at radius 1 is 0.933 bits per heavy atom. The summed E-state index contributed by atoms with van der Waals surface area (Å²) in [4.78, 5) is 4.01. The van der Waals surface area contributed by atoms with Gasteiger partial charge >= 0.3 is 0 Å². The van der Waals surface area contributed by atoms with Gasteiger partial charge in [0.25, 0.3) is 6.39 Å². The van der Waals surface area contributed by atoms with Crippen LogP contribution in [-0.2, 0) is 0 Å². The molecule has 15 heavy (non-hydrogen) atoms. The zero-order chi connectivity index (χ0) is 10.1. The highest BCUT2D eigenvalue weighted by atomic mass is 16.3. The van der Waals surface area contributed by atoms with E-state index in [1.165, 1.54) is 5.56 Å². The van der Waals surface area contributed by atoms with Crippen LogP contribution < -0.4 is 0 Å². The van der Waals surface area contributed by atoms with Crippen LogP contribution in [0.15, 0.2) is 52.9 Å². The highest BCUT2D eigenvalue weighted by molar-refractivity contribution is 5.79. The van der Waals surface area contributed by atoms with Gasteiger partial charge in [-0.05, 0) is 23.3 Å². The Morgan fingerprint density at radius 3 is 2.67 bits per heavy atom. The molecule has 0 fully saturated rings. The maximum atomic E-state index is 5.07. The van der Waals surface area contributed by atoms with Gasteiger partial charge in [-0.25, -0.2) is 4.98 Å². The van der Waals surface area contributed by atoms with Gasteiger partial charge in [-0.3, -0.25) is 0 Å². The van der Waals surface area contributed by atoms with E-state index in [0.717, 1.165) is 16.7 Å². The molecule has 0 aliphatic rings. The molecule has 1 radical (unpaired) electrons. The molecule has 0 aliphatic heterocycles. The number of fused-ring (bicyclic) bond motifs is 1. The topological polar surface area (TPSA) is 26.0 Å². The highest BCUT2D eigenvalue weighted by Crippen LogP contribution is 2.22. The molecule has 0 spiro atoms. The van der Waals surface area contributed by atoms with Gasteiger partial charge in [0.15, 0.2) is 5.58 Å². The van der Waals surface area contributed by atoms with E-state index in [-0.39, 0.29) is 0 Å². The molecule has 0 aliphatic carbocycles. The van der Waals surface area contributed by atoms with Crippen molar-refractivity contribution in [2.45, 2.75) is 0 Å². The molecule has 71 valence electrons. The van der Waals surface area contributed by atoms with Crippen LogP contribution in [0.2, 0.25) is 0 Å². The Labute approximate surface area is 87.2 Å². The number of benzene rings is 2. The van der Waals surface area contributed by atoms with Crippen molar-refractivity contribution in [3.05, 3.63) is 54.9 Å². The fraction of sp³-hybridized carbons (Fsp3) is 0. The summed E-state index contributed by atoms with van der Waals surface area (Å²) >= 11 is 0. The van der Waals surface area contributed by atoms with E-state index < -0.39 is 0 Å². The van der Waals surface area contributed by atoms with Crippen LogP contribution in [0, 0.1) is 6.39 Å². The highest BCUT2D eigenvalue weighted by Gasteiger charge is 2.01. The van der Waals surface area contributed by atoms with Crippen molar-refractivity contribution in [3.8, 4) is 11.1 Å². The minimum absolute atomic E-state index is 0.773. The zero-order valence-electron chi connectivity index (χ0n) is 7.97. The number of nitrogens with zero attached hydrogens (tertiary/aromatic N) is 1. The lowest BCUT2D eigenvalue weighted by atomic mass is 10.1. The standard InChI is InChI=1S/C13H8NO/c1-2-4-10(5-3-1)11-6-7-13-12(8-11)14-9-15-13/h1-8H. The molecule has 3 aromatic rings. The first-order valence-electron chi connectivity index (χ1n) is 4.75. The van der Waals surface area contributed by atoms with E-state index >= 15 is 0 Å². The van der Waals surface area contributed by atoms with Crippen LogP contribution in [0.5, 0.6) is 0 Å². The Hall–Kier alpha value is -2.09. The van der Waals surface area contributed by atoms with E-state index in [2.05, 4.69) is 23.5 Å². The molecule has 0 saturated carbocycles. The van der Waals surface area contributed by atoms with Crippen molar-refractivity contribution in [2.75, 3.05) is 0 Å². The van der Waals surface area contributed by atoms with Crippen LogP contribution in [0.25, 0.3) is 22.2 Å². The summed E-state index contributed by atoms with van der Waals surface area (Å²) in [6.45, 7) is 0. The normalized spacial score (nSPS) is 10.7. The van der Waals surface area contributed by atoms with Crippen LogP contribution in [0.4, 0.5) is 0 Å². The molecular formula is C13H8NO. The van der Waals surface area contributed by atoms with Gasteiger partial charge in [0.2, 0.25) is 0 Å². The monoisotopic (exact) mass is 194 g/mol. The number of hydrogen-bond acceptors (Lipinski definition) is 2. The van der Waals surface area contributed by atoms with Crippen molar-refractivity contribution in [1.29, 1.82) is 0 Å². The molecular weight excluding hydrogens is 186 g/mol. The first-order valence-corrected chi connectivity index (χ1v) is 4.75. The first-order chi connectivity index (χ1) is 7.43. The average molecular weight is 194 g/mol. The van der Waals surface area contributed by atoms with E-state index in [0.29, 0.717) is 0 Å². The fourth-order valence-corrected chi connectivity index (χ4v) is 1.62. The number of oxazole rings is 1. The van der Waals surface area contributed by atoms with Crippen molar-refractivity contribution in [3.63, 3.8) is 0 Å². The summed E-state index contributed by atoms with van der Waals surface area (Å²) in [5, 5.41) is 0. The lowest BCUT2D eigenvalue weighted by Gasteiger charge is -1.99. The largest absolute Gasteiger partial charge is 0.432 e. The summed E-state index contributed by atoms with van der Waals surface area (Å²) < 4.78 is 5.07. The minimum atomic E-state index is 0.773. The maximum Gasteiger partial charge on any atom is 0.284 e. The molecule has 2 aromatic carbocycles. The van der Waals surface area contributed by atoms with Gasteiger partial charge < -0.3 is 4.42 Å². The van der Waals surface area contributed by atoms with E-state index in [1.54, 1.807) is 0 Å². The number of aromatic nitrogens is 1. The number of hydrogen-bond donors (Lipinski definition) is 0. The van der Waals surface area contributed by atoms with Crippen molar-refractivity contribution >= 4 is 11.1 Å². The molecule has 2 heteroatoms. The summed E-state index contributed by atoms with van der Waals surface area (Å²) in [5.41, 5.74) is 3.94. The Balaban J connectivity index is 2.19. The molecule has 0 N–H and O–H groups in total.